The number of allylic oxidation sites excluding steroid dienone is 2. The monoisotopic (exact) mass is 281 g/mol. The minimum atomic E-state index is -0.413. The Bertz CT molecular complexity index is 333. The average molecular weight is 281 g/mol. The molecule has 116 valence electrons. The van der Waals surface area contributed by atoms with Gasteiger partial charge in [-0.2, -0.15) is 0 Å². The molecule has 0 aliphatic heterocycles. The third-order valence-electron chi connectivity index (χ3n) is 3.92. The van der Waals surface area contributed by atoms with Gasteiger partial charge in [0.25, 0.3) is 0 Å². The molecule has 1 fully saturated rings. The summed E-state index contributed by atoms with van der Waals surface area (Å²) in [4.78, 5) is 11.7. The maximum atomic E-state index is 11.7. The van der Waals surface area contributed by atoms with Crippen molar-refractivity contribution in [2.24, 2.45) is 5.92 Å². The molecule has 0 heterocycles. The lowest BCUT2D eigenvalue weighted by atomic mass is 9.84. The van der Waals surface area contributed by atoms with Gasteiger partial charge in [0.15, 0.2) is 0 Å². The molecule has 1 rings (SSSR count). The highest BCUT2D eigenvalue weighted by Gasteiger charge is 2.24. The second-order valence-electron chi connectivity index (χ2n) is 7.00. The zero-order chi connectivity index (χ0) is 15.2. The number of hydrogen-bond donors (Lipinski definition) is 1. The zero-order valence-corrected chi connectivity index (χ0v) is 13.8. The third-order valence-corrected chi connectivity index (χ3v) is 3.92. The van der Waals surface area contributed by atoms with E-state index in [1.165, 1.54) is 24.8 Å². The van der Waals surface area contributed by atoms with Crippen LogP contribution in [0.5, 0.6) is 0 Å². The predicted molar refractivity (Wildman–Crippen MR) is 83.8 cm³/mol. The van der Waals surface area contributed by atoms with E-state index in [0.29, 0.717) is 0 Å². The smallest absolute Gasteiger partial charge is 0.407 e. The molecule has 0 spiro atoms. The van der Waals surface area contributed by atoms with Gasteiger partial charge < -0.3 is 10.1 Å². The highest BCUT2D eigenvalue weighted by Crippen LogP contribution is 2.28. The molecule has 0 bridgehead atoms. The van der Waals surface area contributed by atoms with Gasteiger partial charge in [-0.1, -0.05) is 18.6 Å². The summed E-state index contributed by atoms with van der Waals surface area (Å²) in [5.74, 6) is 0.785. The Labute approximate surface area is 124 Å². The molecule has 0 unspecified atom stereocenters. The van der Waals surface area contributed by atoms with Crippen molar-refractivity contribution in [1.82, 2.24) is 5.32 Å². The molecule has 0 atom stereocenters. The highest BCUT2D eigenvalue weighted by atomic mass is 16.6. The summed E-state index contributed by atoms with van der Waals surface area (Å²) in [7, 11) is 0. The maximum Gasteiger partial charge on any atom is 0.407 e. The van der Waals surface area contributed by atoms with Crippen LogP contribution in [0.4, 0.5) is 4.79 Å². The average Bonchev–Trinajstić information content (AvgIpc) is 2.35. The van der Waals surface area contributed by atoms with Crippen molar-refractivity contribution in [3.8, 4) is 0 Å². The molecule has 0 radical (unpaired) electrons. The Morgan fingerprint density at radius 2 is 1.85 bits per heavy atom. The van der Waals surface area contributed by atoms with Crippen LogP contribution in [0.3, 0.4) is 0 Å². The van der Waals surface area contributed by atoms with Crippen molar-refractivity contribution in [3.05, 3.63) is 11.6 Å². The van der Waals surface area contributed by atoms with Gasteiger partial charge in [0.2, 0.25) is 0 Å². The molecule has 3 nitrogen and oxygen atoms in total. The Kier molecular flexibility index (Phi) is 6.57. The molecule has 0 aromatic carbocycles. The second kappa shape index (κ2) is 7.70. The lowest BCUT2D eigenvalue weighted by Gasteiger charge is -2.29. The van der Waals surface area contributed by atoms with Crippen LogP contribution in [0, 0.1) is 5.92 Å². The first-order valence-electron chi connectivity index (χ1n) is 7.95. The molecule has 1 N–H and O–H groups in total. The van der Waals surface area contributed by atoms with Gasteiger partial charge in [0.05, 0.1) is 0 Å². The summed E-state index contributed by atoms with van der Waals surface area (Å²) in [5.41, 5.74) is 1.07. The second-order valence-corrected chi connectivity index (χ2v) is 7.00. The van der Waals surface area contributed by atoms with Gasteiger partial charge in [-0.3, -0.25) is 0 Å². The fourth-order valence-electron chi connectivity index (χ4n) is 2.53. The standard InChI is InChI=1S/C17H31NO2/c1-6-13(2)7-8-14-9-11-15(12-10-14)18-16(19)20-17(3,4)5/h7,14-15H,6,8-12H2,1-5H3,(H,18,19)/b13-7+. The first-order valence-corrected chi connectivity index (χ1v) is 7.95. The number of alkyl carbamates (subject to hydrolysis) is 1. The molecule has 0 aromatic heterocycles. The number of carbonyl (C=O) groups is 1. The zero-order valence-electron chi connectivity index (χ0n) is 13.8. The number of rotatable bonds is 4. The van der Waals surface area contributed by atoms with E-state index in [2.05, 4.69) is 25.2 Å². The summed E-state index contributed by atoms with van der Waals surface area (Å²) >= 11 is 0. The number of carbonyl (C=O) groups excluding carboxylic acids is 1. The lowest BCUT2D eigenvalue weighted by Crippen LogP contribution is -2.40. The molecule has 0 aromatic rings. The number of ether oxygens (including phenoxy) is 1. The summed E-state index contributed by atoms with van der Waals surface area (Å²) < 4.78 is 5.30. The fraction of sp³-hybridized carbons (Fsp3) is 0.824. The molecule has 0 saturated heterocycles. The van der Waals surface area contributed by atoms with Crippen molar-refractivity contribution < 1.29 is 9.53 Å². The Morgan fingerprint density at radius 1 is 1.25 bits per heavy atom. The summed E-state index contributed by atoms with van der Waals surface area (Å²) in [6.07, 6.45) is 9.00. The van der Waals surface area contributed by atoms with Gasteiger partial charge in [-0.15, -0.1) is 0 Å². The van der Waals surface area contributed by atoms with E-state index < -0.39 is 5.60 Å². The first-order chi connectivity index (χ1) is 9.30. The van der Waals surface area contributed by atoms with E-state index in [4.69, 9.17) is 4.74 Å². The van der Waals surface area contributed by atoms with Crippen LogP contribution in [0.25, 0.3) is 0 Å². The van der Waals surface area contributed by atoms with Crippen LogP contribution in [0.1, 0.15) is 73.1 Å². The van der Waals surface area contributed by atoms with Crippen LogP contribution in [-0.4, -0.2) is 17.7 Å². The molecule has 1 aliphatic carbocycles. The number of amides is 1. The van der Waals surface area contributed by atoms with E-state index in [1.807, 2.05) is 20.8 Å². The molecule has 3 heteroatoms. The molecular formula is C17H31NO2. The largest absolute Gasteiger partial charge is 0.444 e. The van der Waals surface area contributed by atoms with Gasteiger partial charge in [0.1, 0.15) is 5.60 Å². The van der Waals surface area contributed by atoms with Crippen LogP contribution in [0.15, 0.2) is 11.6 Å². The SMILES string of the molecule is CC/C(C)=C/CC1CCC(NC(=O)OC(C)(C)C)CC1. The van der Waals surface area contributed by atoms with Crippen molar-refractivity contribution in [1.29, 1.82) is 0 Å². The summed E-state index contributed by atoms with van der Waals surface area (Å²) in [6, 6.07) is 0.289. The summed E-state index contributed by atoms with van der Waals surface area (Å²) in [5, 5.41) is 3.00. The predicted octanol–water partition coefficient (Wildman–Crippen LogP) is 4.82. The van der Waals surface area contributed by atoms with E-state index in [9.17, 15) is 4.79 Å². The molecule has 1 aliphatic rings. The number of nitrogens with one attached hydrogen (secondary N) is 1. The van der Waals surface area contributed by atoms with Crippen molar-refractivity contribution in [2.75, 3.05) is 0 Å². The Balaban J connectivity index is 2.27. The van der Waals surface area contributed by atoms with E-state index in [1.54, 1.807) is 0 Å². The van der Waals surface area contributed by atoms with E-state index in [-0.39, 0.29) is 12.1 Å². The van der Waals surface area contributed by atoms with Crippen molar-refractivity contribution in [3.63, 3.8) is 0 Å². The van der Waals surface area contributed by atoms with Crippen LogP contribution in [0.2, 0.25) is 0 Å². The normalized spacial score (nSPS) is 24.4. The van der Waals surface area contributed by atoms with E-state index >= 15 is 0 Å². The van der Waals surface area contributed by atoms with Crippen LogP contribution >= 0.6 is 0 Å². The Hall–Kier alpha value is -0.990. The maximum absolute atomic E-state index is 11.7. The third kappa shape index (κ3) is 6.97. The van der Waals surface area contributed by atoms with E-state index in [0.717, 1.165) is 25.2 Å². The van der Waals surface area contributed by atoms with Crippen LogP contribution in [-0.2, 0) is 4.74 Å². The van der Waals surface area contributed by atoms with Crippen LogP contribution < -0.4 is 5.32 Å². The minimum Gasteiger partial charge on any atom is -0.444 e. The highest BCUT2D eigenvalue weighted by molar-refractivity contribution is 5.68. The first kappa shape index (κ1) is 17.1. The molecule has 1 saturated carbocycles. The van der Waals surface area contributed by atoms with Gasteiger partial charge >= 0.3 is 6.09 Å². The topological polar surface area (TPSA) is 38.3 Å². The molecule has 1 amide bonds. The minimum absolute atomic E-state index is 0.275. The van der Waals surface area contributed by atoms with Gasteiger partial charge in [-0.25, -0.2) is 4.79 Å². The molecular weight excluding hydrogens is 250 g/mol. The Morgan fingerprint density at radius 3 is 2.35 bits per heavy atom. The fourth-order valence-corrected chi connectivity index (χ4v) is 2.53. The lowest BCUT2D eigenvalue weighted by molar-refractivity contribution is 0.0487. The van der Waals surface area contributed by atoms with Gasteiger partial charge in [0, 0.05) is 6.04 Å². The van der Waals surface area contributed by atoms with Gasteiger partial charge in [-0.05, 0) is 72.1 Å². The van der Waals surface area contributed by atoms with Crippen molar-refractivity contribution >= 4 is 6.09 Å². The quantitative estimate of drug-likeness (QED) is 0.750. The number of hydrogen-bond acceptors (Lipinski definition) is 2. The van der Waals surface area contributed by atoms with Crippen molar-refractivity contribution in [2.45, 2.75) is 84.8 Å². The summed E-state index contributed by atoms with van der Waals surface area (Å²) in [6.45, 7) is 10.1. The molecule has 20 heavy (non-hydrogen) atoms.